The molecule has 9 nitrogen and oxygen atoms in total. The quantitative estimate of drug-likeness (QED) is 0.404. The summed E-state index contributed by atoms with van der Waals surface area (Å²) in [4.78, 5) is 0. The predicted molar refractivity (Wildman–Crippen MR) is 135 cm³/mol. The van der Waals surface area contributed by atoms with Crippen molar-refractivity contribution >= 4 is 0 Å². The third kappa shape index (κ3) is 10.0. The molecule has 2 heterocycles. The summed E-state index contributed by atoms with van der Waals surface area (Å²) in [6.45, 7) is 14.6. The predicted octanol–water partition coefficient (Wildman–Crippen LogP) is 0.129. The molecule has 1 aromatic carbocycles. The van der Waals surface area contributed by atoms with Gasteiger partial charge < -0.3 is 45.9 Å². The number of nitrogens with one attached hydrogen (secondary N) is 4. The Kier molecular flexibility index (Phi) is 11.3. The monoisotopic (exact) mass is 479 g/mol. The summed E-state index contributed by atoms with van der Waals surface area (Å²) in [7, 11) is 0. The van der Waals surface area contributed by atoms with Crippen molar-refractivity contribution < 1.29 is 18.9 Å². The summed E-state index contributed by atoms with van der Waals surface area (Å²) < 4.78 is 23.0. The molecule has 0 aliphatic carbocycles. The largest absolute Gasteiger partial charge is 0.487 e. The Balaban J connectivity index is 1.63. The lowest BCUT2D eigenvalue weighted by molar-refractivity contribution is 0.0223. The summed E-state index contributed by atoms with van der Waals surface area (Å²) in [6.07, 6.45) is 0.922. The first-order valence-electron chi connectivity index (χ1n) is 12.6. The zero-order valence-electron chi connectivity index (χ0n) is 21.0. The minimum Gasteiger partial charge on any atom is -0.487 e. The average molecular weight is 480 g/mol. The van der Waals surface area contributed by atoms with Gasteiger partial charge in [-0.05, 0) is 36.5 Å². The van der Waals surface area contributed by atoms with Crippen LogP contribution >= 0.6 is 0 Å². The minimum atomic E-state index is -0.246. The molecule has 0 radical (unpaired) electrons. The fourth-order valence-electron chi connectivity index (χ4n) is 4.26. The van der Waals surface area contributed by atoms with Crippen LogP contribution in [0.25, 0.3) is 0 Å². The smallest absolute Gasteiger partial charge is 0.161 e. The van der Waals surface area contributed by atoms with Gasteiger partial charge in [0.25, 0.3) is 0 Å². The van der Waals surface area contributed by atoms with Gasteiger partial charge in [0.05, 0.1) is 26.4 Å². The molecule has 0 bridgehead atoms. The van der Waals surface area contributed by atoms with Crippen molar-refractivity contribution in [3.8, 4) is 11.5 Å². The van der Waals surface area contributed by atoms with Gasteiger partial charge in [0.2, 0.25) is 0 Å². The molecule has 0 aromatic heterocycles. The Morgan fingerprint density at radius 3 is 1.79 bits per heavy atom. The standard InChI is InChI=1S/C25H45N5O4/c1-24(17-27-5-7-29-19-25(2,26)20-30-8-6-28-18-24)16-21-3-4-22-23(15-21)34-14-12-32-10-9-31-11-13-33-22/h3-4,15,27-30H,5-14,16-20,26H2,1-2H3. The molecular weight excluding hydrogens is 434 g/mol. The van der Waals surface area contributed by atoms with E-state index in [9.17, 15) is 0 Å². The molecule has 9 heteroatoms. The van der Waals surface area contributed by atoms with Crippen molar-refractivity contribution in [1.29, 1.82) is 0 Å². The Hall–Kier alpha value is -1.46. The van der Waals surface area contributed by atoms with Crippen molar-refractivity contribution in [3.05, 3.63) is 23.8 Å². The maximum Gasteiger partial charge on any atom is 0.161 e. The maximum absolute atomic E-state index is 6.36. The summed E-state index contributed by atoms with van der Waals surface area (Å²) in [6, 6.07) is 6.28. The van der Waals surface area contributed by atoms with Gasteiger partial charge in [0.15, 0.2) is 11.5 Å². The average Bonchev–Trinajstić information content (AvgIpc) is 2.79. The van der Waals surface area contributed by atoms with Crippen molar-refractivity contribution in [3.63, 3.8) is 0 Å². The first-order valence-corrected chi connectivity index (χ1v) is 12.6. The normalized spacial score (nSPS) is 29.3. The van der Waals surface area contributed by atoms with Crippen molar-refractivity contribution in [2.24, 2.45) is 11.1 Å². The first kappa shape index (κ1) is 27.1. The summed E-state index contributed by atoms with van der Waals surface area (Å²) in [5.41, 5.74) is 7.39. The maximum atomic E-state index is 6.36. The van der Waals surface area contributed by atoms with E-state index >= 15 is 0 Å². The van der Waals surface area contributed by atoms with Gasteiger partial charge in [0, 0.05) is 57.9 Å². The molecule has 0 amide bonds. The molecule has 34 heavy (non-hydrogen) atoms. The second-order valence-electron chi connectivity index (χ2n) is 10.1. The van der Waals surface area contributed by atoms with Crippen LogP contribution in [0.5, 0.6) is 11.5 Å². The Bertz CT molecular complexity index is 701. The topological polar surface area (TPSA) is 111 Å². The van der Waals surface area contributed by atoms with Crippen LogP contribution in [0.2, 0.25) is 0 Å². The minimum absolute atomic E-state index is 0.0456. The van der Waals surface area contributed by atoms with Crippen LogP contribution in [0.15, 0.2) is 18.2 Å². The molecule has 3 rings (SSSR count). The number of rotatable bonds is 2. The number of benzene rings is 1. The zero-order chi connectivity index (χ0) is 24.1. The van der Waals surface area contributed by atoms with Gasteiger partial charge in [-0.1, -0.05) is 13.0 Å². The van der Waals surface area contributed by atoms with Crippen LogP contribution in [-0.4, -0.2) is 97.5 Å². The van der Waals surface area contributed by atoms with E-state index in [1.54, 1.807) is 0 Å². The highest BCUT2D eigenvalue weighted by Crippen LogP contribution is 2.31. The molecule has 1 aromatic rings. The van der Waals surface area contributed by atoms with E-state index in [0.29, 0.717) is 39.6 Å². The van der Waals surface area contributed by atoms with Crippen LogP contribution in [0.3, 0.4) is 0 Å². The van der Waals surface area contributed by atoms with E-state index in [1.807, 2.05) is 6.07 Å². The van der Waals surface area contributed by atoms with Crippen molar-refractivity contribution in [1.82, 2.24) is 21.3 Å². The van der Waals surface area contributed by atoms with E-state index in [4.69, 9.17) is 24.7 Å². The van der Waals surface area contributed by atoms with Gasteiger partial charge in [-0.25, -0.2) is 0 Å². The molecule has 1 fully saturated rings. The molecule has 1 saturated heterocycles. The Morgan fingerprint density at radius 2 is 1.21 bits per heavy atom. The molecular formula is C25H45N5O4. The summed E-state index contributed by atoms with van der Waals surface area (Å²) in [5.74, 6) is 1.52. The molecule has 0 atom stereocenters. The molecule has 2 aliphatic rings. The SMILES string of the molecule is CC1(N)CNCCNCC(C)(Cc2ccc3c(c2)OCCOCCOCCO3)CNCCNC1. The highest BCUT2D eigenvalue weighted by atomic mass is 16.6. The van der Waals surface area contributed by atoms with E-state index in [-0.39, 0.29) is 11.0 Å². The van der Waals surface area contributed by atoms with Gasteiger partial charge in [-0.3, -0.25) is 0 Å². The second kappa shape index (κ2) is 14.2. The third-order valence-electron chi connectivity index (χ3n) is 6.10. The number of ether oxygens (including phenoxy) is 4. The van der Waals surface area contributed by atoms with E-state index in [0.717, 1.165) is 70.3 Å². The molecule has 0 saturated carbocycles. The first-order chi connectivity index (χ1) is 16.5. The number of nitrogens with two attached hydrogens (primary N) is 1. The fraction of sp³-hybridized carbons (Fsp3) is 0.760. The van der Waals surface area contributed by atoms with E-state index in [1.165, 1.54) is 5.56 Å². The van der Waals surface area contributed by atoms with Gasteiger partial charge in [-0.2, -0.15) is 0 Å². The molecule has 2 aliphatic heterocycles. The third-order valence-corrected chi connectivity index (χ3v) is 6.10. The van der Waals surface area contributed by atoms with Crippen LogP contribution < -0.4 is 36.5 Å². The lowest BCUT2D eigenvalue weighted by Crippen LogP contribution is -2.55. The fourth-order valence-corrected chi connectivity index (χ4v) is 4.26. The highest BCUT2D eigenvalue weighted by Gasteiger charge is 2.25. The molecule has 194 valence electrons. The van der Waals surface area contributed by atoms with Gasteiger partial charge >= 0.3 is 0 Å². The lowest BCUT2D eigenvalue weighted by atomic mass is 9.83. The van der Waals surface area contributed by atoms with E-state index in [2.05, 4.69) is 47.2 Å². The van der Waals surface area contributed by atoms with Crippen LogP contribution in [0.1, 0.15) is 19.4 Å². The van der Waals surface area contributed by atoms with Gasteiger partial charge in [-0.15, -0.1) is 0 Å². The van der Waals surface area contributed by atoms with E-state index < -0.39 is 0 Å². The Labute approximate surface area is 204 Å². The van der Waals surface area contributed by atoms with Crippen LogP contribution in [-0.2, 0) is 15.9 Å². The Morgan fingerprint density at radius 1 is 0.706 bits per heavy atom. The van der Waals surface area contributed by atoms with Crippen molar-refractivity contribution in [2.45, 2.75) is 25.8 Å². The number of fused-ring (bicyclic) bond motifs is 1. The second-order valence-corrected chi connectivity index (χ2v) is 10.1. The molecule has 0 unspecified atom stereocenters. The zero-order valence-corrected chi connectivity index (χ0v) is 21.0. The van der Waals surface area contributed by atoms with Crippen LogP contribution in [0, 0.1) is 5.41 Å². The number of hydrogen-bond donors (Lipinski definition) is 5. The van der Waals surface area contributed by atoms with Crippen LogP contribution in [0.4, 0.5) is 0 Å². The summed E-state index contributed by atoms with van der Waals surface area (Å²) in [5, 5.41) is 14.2. The molecule has 6 N–H and O–H groups in total. The summed E-state index contributed by atoms with van der Waals surface area (Å²) >= 11 is 0. The van der Waals surface area contributed by atoms with Crippen molar-refractivity contribution in [2.75, 3.05) is 92.0 Å². The molecule has 0 spiro atoms. The highest BCUT2D eigenvalue weighted by molar-refractivity contribution is 5.43. The van der Waals surface area contributed by atoms with Gasteiger partial charge in [0.1, 0.15) is 13.2 Å². The number of hydrogen-bond acceptors (Lipinski definition) is 9. The lowest BCUT2D eigenvalue weighted by Gasteiger charge is -2.32.